The number of thioether (sulfide) groups is 2. The molecule has 13 heteroatoms. The number of aromatic nitrogens is 5. The Hall–Kier alpha value is -2.87. The molecule has 2 aromatic carbocycles. The quantitative estimate of drug-likeness (QED) is 0.0976. The standard InChI is InChI=1S/C29H31ClN6O4S2/c1-39-17-6-8-19-21(12-17)34-20-11-16(30)5-7-18(20)26(19)41-9-3-2-4-10-42-29-35-25-27(31)32-15-33-28(25)36(29)24-13-22(38)23(14-37)40-24/h5-8,11-12,15,22-24,37-38H,2-4,9-10,13-14H2,1H3,(H2,31,32,33)/t22-,23+,24?/m0/s1. The lowest BCUT2D eigenvalue weighted by molar-refractivity contribution is -0.0457. The van der Waals surface area contributed by atoms with Crippen molar-refractivity contribution in [2.75, 3.05) is 31.0 Å². The number of imidazole rings is 1. The van der Waals surface area contributed by atoms with Gasteiger partial charge in [0.2, 0.25) is 0 Å². The number of unbranched alkanes of at least 4 members (excludes halogenated alkanes) is 2. The van der Waals surface area contributed by atoms with E-state index < -0.39 is 18.4 Å². The van der Waals surface area contributed by atoms with Crippen LogP contribution in [0, 0.1) is 0 Å². The average molecular weight is 627 g/mol. The van der Waals surface area contributed by atoms with Crippen LogP contribution in [-0.2, 0) is 4.74 Å². The topological polar surface area (TPSA) is 141 Å². The average Bonchev–Trinajstić information content (AvgIpc) is 3.55. The van der Waals surface area contributed by atoms with Crippen LogP contribution in [0.25, 0.3) is 33.0 Å². The van der Waals surface area contributed by atoms with E-state index in [0.717, 1.165) is 58.3 Å². The number of nitrogens with zero attached hydrogens (tertiary/aromatic N) is 5. The third kappa shape index (κ3) is 5.84. The number of hydrogen-bond donors (Lipinski definition) is 3. The number of anilines is 1. The second-order valence-electron chi connectivity index (χ2n) is 10.1. The van der Waals surface area contributed by atoms with E-state index in [0.29, 0.717) is 33.6 Å². The maximum absolute atomic E-state index is 10.3. The summed E-state index contributed by atoms with van der Waals surface area (Å²) in [5.74, 6) is 2.89. The van der Waals surface area contributed by atoms with Gasteiger partial charge in [0.25, 0.3) is 0 Å². The number of ether oxygens (including phenoxy) is 2. The Morgan fingerprint density at radius 1 is 1.05 bits per heavy atom. The number of aliphatic hydroxyl groups is 2. The van der Waals surface area contributed by atoms with E-state index in [1.54, 1.807) is 18.9 Å². The normalized spacial score (nSPS) is 18.9. The highest BCUT2D eigenvalue weighted by Gasteiger charge is 2.37. The lowest BCUT2D eigenvalue weighted by Gasteiger charge is -2.16. The van der Waals surface area contributed by atoms with Crippen molar-refractivity contribution in [1.29, 1.82) is 0 Å². The Morgan fingerprint density at radius 3 is 2.57 bits per heavy atom. The van der Waals surface area contributed by atoms with Crippen molar-refractivity contribution in [2.45, 2.75) is 54.2 Å². The van der Waals surface area contributed by atoms with Gasteiger partial charge in [0, 0.05) is 38.9 Å². The number of aliphatic hydroxyl groups excluding tert-OH is 2. The zero-order valence-electron chi connectivity index (χ0n) is 22.9. The van der Waals surface area contributed by atoms with Gasteiger partial charge in [-0.1, -0.05) is 35.9 Å². The molecule has 6 rings (SSSR count). The third-order valence-electron chi connectivity index (χ3n) is 7.31. The van der Waals surface area contributed by atoms with Gasteiger partial charge in [0.15, 0.2) is 22.1 Å². The highest BCUT2D eigenvalue weighted by Crippen LogP contribution is 2.38. The summed E-state index contributed by atoms with van der Waals surface area (Å²) >= 11 is 9.73. The first-order chi connectivity index (χ1) is 20.5. The monoisotopic (exact) mass is 626 g/mol. The second-order valence-corrected chi connectivity index (χ2v) is 12.7. The Labute approximate surface area is 256 Å². The molecule has 4 heterocycles. The smallest absolute Gasteiger partial charge is 0.172 e. The van der Waals surface area contributed by atoms with Gasteiger partial charge >= 0.3 is 0 Å². The number of hydrogen-bond acceptors (Lipinski definition) is 11. The van der Waals surface area contributed by atoms with E-state index in [1.807, 2.05) is 46.7 Å². The summed E-state index contributed by atoms with van der Waals surface area (Å²) in [7, 11) is 1.66. The first kappa shape index (κ1) is 29.2. The first-order valence-corrected chi connectivity index (χ1v) is 16.1. The van der Waals surface area contributed by atoms with E-state index >= 15 is 0 Å². The molecule has 1 aliphatic heterocycles. The fourth-order valence-corrected chi connectivity index (χ4v) is 7.57. The van der Waals surface area contributed by atoms with Gasteiger partial charge in [-0.15, -0.1) is 11.8 Å². The van der Waals surface area contributed by atoms with Gasteiger partial charge < -0.3 is 25.4 Å². The van der Waals surface area contributed by atoms with Crippen LogP contribution in [0.5, 0.6) is 5.75 Å². The molecule has 5 aromatic rings. The molecule has 0 radical (unpaired) electrons. The molecule has 3 atom stereocenters. The Kier molecular flexibility index (Phi) is 8.89. The highest BCUT2D eigenvalue weighted by molar-refractivity contribution is 7.99. The number of nitrogen functional groups attached to an aromatic ring is 1. The van der Waals surface area contributed by atoms with Crippen LogP contribution in [0.1, 0.15) is 31.9 Å². The summed E-state index contributed by atoms with van der Waals surface area (Å²) in [4.78, 5) is 19.2. The van der Waals surface area contributed by atoms with Crippen molar-refractivity contribution < 1.29 is 19.7 Å². The molecule has 10 nitrogen and oxygen atoms in total. The Morgan fingerprint density at radius 2 is 1.81 bits per heavy atom. The van der Waals surface area contributed by atoms with E-state index in [4.69, 9.17) is 36.8 Å². The molecule has 1 fully saturated rings. The van der Waals surface area contributed by atoms with Crippen LogP contribution in [0.15, 0.2) is 52.8 Å². The van der Waals surface area contributed by atoms with Crippen molar-refractivity contribution >= 4 is 73.9 Å². The van der Waals surface area contributed by atoms with Gasteiger partial charge in [-0.3, -0.25) is 4.57 Å². The molecule has 0 bridgehead atoms. The molecule has 1 unspecified atom stereocenters. The number of nitrogens with two attached hydrogens (primary N) is 1. The predicted octanol–water partition coefficient (Wildman–Crippen LogP) is 5.47. The lowest BCUT2D eigenvalue weighted by Crippen LogP contribution is -2.24. The Balaban J connectivity index is 1.10. The second kappa shape index (κ2) is 12.8. The molecule has 0 spiro atoms. The summed E-state index contributed by atoms with van der Waals surface area (Å²) < 4.78 is 13.2. The van der Waals surface area contributed by atoms with Gasteiger partial charge in [0.1, 0.15) is 24.4 Å². The van der Waals surface area contributed by atoms with Crippen molar-refractivity contribution in [3.8, 4) is 5.75 Å². The number of fused-ring (bicyclic) bond motifs is 3. The maximum Gasteiger partial charge on any atom is 0.172 e. The lowest BCUT2D eigenvalue weighted by atomic mass is 10.1. The van der Waals surface area contributed by atoms with Crippen molar-refractivity contribution in [2.24, 2.45) is 0 Å². The number of rotatable bonds is 11. The fourth-order valence-electron chi connectivity index (χ4n) is 5.17. The van der Waals surface area contributed by atoms with Crippen LogP contribution in [0.3, 0.4) is 0 Å². The molecule has 0 aliphatic carbocycles. The molecule has 42 heavy (non-hydrogen) atoms. The fraction of sp³-hybridized carbons (Fsp3) is 0.379. The molecule has 220 valence electrons. The zero-order chi connectivity index (χ0) is 29.2. The van der Waals surface area contributed by atoms with Crippen molar-refractivity contribution in [3.63, 3.8) is 0 Å². The van der Waals surface area contributed by atoms with Crippen LogP contribution >= 0.6 is 35.1 Å². The largest absolute Gasteiger partial charge is 0.497 e. The molecule has 0 amide bonds. The molecule has 0 saturated carbocycles. The SMILES string of the molecule is COc1ccc2c(SCCCCCSc3nc4c(N)ncnc4n3C3C[C@H](O)[C@@H](CO)O3)c3ccc(Cl)cc3nc2c1. The maximum atomic E-state index is 10.3. The summed E-state index contributed by atoms with van der Waals surface area (Å²) in [6.45, 7) is -0.255. The third-order valence-corrected chi connectivity index (χ3v) is 9.80. The molecule has 4 N–H and O–H groups in total. The van der Waals surface area contributed by atoms with E-state index in [2.05, 4.69) is 16.0 Å². The minimum absolute atomic E-state index is 0.255. The van der Waals surface area contributed by atoms with Crippen molar-refractivity contribution in [1.82, 2.24) is 24.5 Å². The summed E-state index contributed by atoms with van der Waals surface area (Å²) in [6, 6.07) is 11.9. The highest BCUT2D eigenvalue weighted by atomic mass is 35.5. The number of benzene rings is 2. The number of pyridine rings is 1. The van der Waals surface area contributed by atoms with Gasteiger partial charge in [-0.25, -0.2) is 19.9 Å². The van der Waals surface area contributed by atoms with Crippen LogP contribution in [0.4, 0.5) is 5.82 Å². The first-order valence-electron chi connectivity index (χ1n) is 13.7. The minimum Gasteiger partial charge on any atom is -0.497 e. The molecular formula is C29H31ClN6O4S2. The number of methoxy groups -OCH3 is 1. The van der Waals surface area contributed by atoms with E-state index in [-0.39, 0.29) is 6.61 Å². The van der Waals surface area contributed by atoms with Crippen LogP contribution in [-0.4, -0.2) is 72.1 Å². The van der Waals surface area contributed by atoms with Gasteiger partial charge in [0.05, 0.1) is 30.9 Å². The van der Waals surface area contributed by atoms with Crippen LogP contribution in [0.2, 0.25) is 5.02 Å². The molecular weight excluding hydrogens is 596 g/mol. The summed E-state index contributed by atoms with van der Waals surface area (Å²) in [5.41, 5.74) is 8.92. The molecule has 1 saturated heterocycles. The molecule has 3 aromatic heterocycles. The summed E-state index contributed by atoms with van der Waals surface area (Å²) in [5, 5.41) is 23.4. The summed E-state index contributed by atoms with van der Waals surface area (Å²) in [6.07, 6.45) is 2.93. The molecule has 1 aliphatic rings. The van der Waals surface area contributed by atoms with E-state index in [1.165, 1.54) is 11.2 Å². The van der Waals surface area contributed by atoms with Crippen LogP contribution < -0.4 is 10.5 Å². The zero-order valence-corrected chi connectivity index (χ0v) is 25.3. The Bertz CT molecular complexity index is 1740. The van der Waals surface area contributed by atoms with E-state index in [9.17, 15) is 10.2 Å². The number of halogens is 1. The van der Waals surface area contributed by atoms with Crippen molar-refractivity contribution in [3.05, 3.63) is 47.7 Å². The van der Waals surface area contributed by atoms with Gasteiger partial charge in [-0.2, -0.15) is 0 Å². The van der Waals surface area contributed by atoms with Gasteiger partial charge in [-0.05, 0) is 42.9 Å². The predicted molar refractivity (Wildman–Crippen MR) is 167 cm³/mol. The minimum atomic E-state index is -0.763.